The van der Waals surface area contributed by atoms with E-state index < -0.39 is 0 Å². The van der Waals surface area contributed by atoms with Crippen LogP contribution in [-0.4, -0.2) is 19.5 Å². The zero-order valence-electron chi connectivity index (χ0n) is 8.96. The number of thiol groups is 1. The molecule has 2 heterocycles. The monoisotopic (exact) mass is 235 g/mol. The summed E-state index contributed by atoms with van der Waals surface area (Å²) in [6, 6.07) is 0. The molecular formula is C10H13N5S. The lowest BCUT2D eigenvalue weighted by atomic mass is 10.3. The predicted octanol–water partition coefficient (Wildman–Crippen LogP) is 1.73. The van der Waals surface area contributed by atoms with E-state index in [1.54, 1.807) is 6.33 Å². The molecule has 3 rings (SSSR count). The highest BCUT2D eigenvalue weighted by Crippen LogP contribution is 2.39. The minimum atomic E-state index is 0.0337. The van der Waals surface area contributed by atoms with Gasteiger partial charge in [-0.1, -0.05) is 0 Å². The number of nitrogen functional groups attached to an aromatic ring is 1. The van der Waals surface area contributed by atoms with E-state index in [2.05, 4.69) is 27.6 Å². The van der Waals surface area contributed by atoms with Gasteiger partial charge in [0.2, 0.25) is 0 Å². The third-order valence-electron chi connectivity index (χ3n) is 2.81. The molecule has 6 heteroatoms. The van der Waals surface area contributed by atoms with Gasteiger partial charge in [-0.25, -0.2) is 15.0 Å². The number of nitrogens with zero attached hydrogens (tertiary/aromatic N) is 4. The van der Waals surface area contributed by atoms with Gasteiger partial charge in [0, 0.05) is 5.92 Å². The molecule has 2 aromatic heterocycles. The summed E-state index contributed by atoms with van der Waals surface area (Å²) in [4.78, 5) is 13.1. The van der Waals surface area contributed by atoms with Crippen molar-refractivity contribution < 1.29 is 0 Å². The summed E-state index contributed by atoms with van der Waals surface area (Å²) in [5.74, 6) is 1.81. The normalized spacial score (nSPS) is 17.9. The molecule has 0 radical (unpaired) electrons. The Kier molecular flexibility index (Phi) is 2.07. The average molecular weight is 235 g/mol. The second-order valence-corrected chi connectivity index (χ2v) is 4.94. The van der Waals surface area contributed by atoms with Gasteiger partial charge in [0.1, 0.15) is 11.3 Å². The summed E-state index contributed by atoms with van der Waals surface area (Å²) in [5, 5.41) is 0.0337. The molecule has 84 valence electrons. The molecule has 2 N–H and O–H groups in total. The highest BCUT2D eigenvalue weighted by molar-refractivity contribution is 7.80. The van der Waals surface area contributed by atoms with E-state index in [1.807, 2.05) is 11.5 Å². The molecule has 1 aliphatic rings. The topological polar surface area (TPSA) is 69.6 Å². The van der Waals surface area contributed by atoms with Crippen molar-refractivity contribution in [3.63, 3.8) is 0 Å². The van der Waals surface area contributed by atoms with Crippen molar-refractivity contribution in [1.29, 1.82) is 0 Å². The molecule has 0 spiro atoms. The summed E-state index contributed by atoms with van der Waals surface area (Å²) in [6.07, 6.45) is 4.04. The maximum atomic E-state index is 5.88. The molecule has 1 fully saturated rings. The zero-order valence-corrected chi connectivity index (χ0v) is 9.85. The molecule has 1 unspecified atom stereocenters. The van der Waals surface area contributed by atoms with Crippen LogP contribution in [0.15, 0.2) is 6.33 Å². The third-order valence-corrected chi connectivity index (χ3v) is 3.06. The Labute approximate surface area is 98.5 Å². The highest BCUT2D eigenvalue weighted by Gasteiger charge is 2.28. The summed E-state index contributed by atoms with van der Waals surface area (Å²) >= 11 is 4.39. The second kappa shape index (κ2) is 3.35. The van der Waals surface area contributed by atoms with Crippen molar-refractivity contribution in [2.75, 3.05) is 5.73 Å². The van der Waals surface area contributed by atoms with Gasteiger partial charge in [-0.05, 0) is 19.8 Å². The average Bonchev–Trinajstić information content (AvgIpc) is 2.98. The van der Waals surface area contributed by atoms with Gasteiger partial charge < -0.3 is 10.3 Å². The fraction of sp³-hybridized carbons (Fsp3) is 0.500. The molecule has 0 saturated heterocycles. The summed E-state index contributed by atoms with van der Waals surface area (Å²) in [7, 11) is 0. The van der Waals surface area contributed by atoms with Crippen LogP contribution in [0.5, 0.6) is 0 Å². The number of fused-ring (bicyclic) bond motifs is 1. The SMILES string of the molecule is CC(S)n1cnc2c(N)nc(C3CC3)nc21. The first kappa shape index (κ1) is 9.89. The number of nitrogens with two attached hydrogens (primary N) is 1. The Bertz CT molecular complexity index is 543. The van der Waals surface area contributed by atoms with E-state index in [-0.39, 0.29) is 5.37 Å². The molecular weight excluding hydrogens is 222 g/mol. The van der Waals surface area contributed by atoms with Gasteiger partial charge in [0.25, 0.3) is 0 Å². The van der Waals surface area contributed by atoms with Gasteiger partial charge in [0.05, 0.1) is 11.7 Å². The van der Waals surface area contributed by atoms with Crippen molar-refractivity contribution >= 4 is 29.6 Å². The van der Waals surface area contributed by atoms with E-state index >= 15 is 0 Å². The fourth-order valence-electron chi connectivity index (χ4n) is 1.75. The summed E-state index contributed by atoms with van der Waals surface area (Å²) in [5.41, 5.74) is 7.34. The summed E-state index contributed by atoms with van der Waals surface area (Å²) in [6.45, 7) is 1.97. The van der Waals surface area contributed by atoms with E-state index in [4.69, 9.17) is 5.73 Å². The van der Waals surface area contributed by atoms with Crippen LogP contribution in [0, 0.1) is 0 Å². The Morgan fingerprint density at radius 1 is 1.50 bits per heavy atom. The molecule has 0 aliphatic heterocycles. The quantitative estimate of drug-likeness (QED) is 0.778. The van der Waals surface area contributed by atoms with Crippen LogP contribution < -0.4 is 5.73 Å². The van der Waals surface area contributed by atoms with Crippen molar-refractivity contribution in [2.24, 2.45) is 0 Å². The molecule has 5 nitrogen and oxygen atoms in total. The zero-order chi connectivity index (χ0) is 11.3. The Morgan fingerprint density at radius 2 is 2.25 bits per heavy atom. The minimum Gasteiger partial charge on any atom is -0.382 e. The van der Waals surface area contributed by atoms with Gasteiger partial charge in [-0.15, -0.1) is 0 Å². The fourth-order valence-corrected chi connectivity index (χ4v) is 1.92. The number of imidazole rings is 1. The molecule has 1 aliphatic carbocycles. The summed E-state index contributed by atoms with van der Waals surface area (Å²) < 4.78 is 1.91. The highest BCUT2D eigenvalue weighted by atomic mass is 32.1. The van der Waals surface area contributed by atoms with Crippen molar-refractivity contribution in [1.82, 2.24) is 19.5 Å². The first-order valence-corrected chi connectivity index (χ1v) is 5.86. The first-order valence-electron chi connectivity index (χ1n) is 5.35. The molecule has 1 saturated carbocycles. The second-order valence-electron chi connectivity index (χ2n) is 4.20. The number of aromatic nitrogens is 4. The maximum absolute atomic E-state index is 5.88. The van der Waals surface area contributed by atoms with E-state index in [9.17, 15) is 0 Å². The number of rotatable bonds is 2. The van der Waals surface area contributed by atoms with Crippen LogP contribution in [0.1, 0.15) is 36.9 Å². The van der Waals surface area contributed by atoms with Crippen LogP contribution in [0.4, 0.5) is 5.82 Å². The van der Waals surface area contributed by atoms with E-state index in [1.165, 1.54) is 0 Å². The van der Waals surface area contributed by atoms with Crippen molar-refractivity contribution in [2.45, 2.75) is 31.1 Å². The van der Waals surface area contributed by atoms with E-state index in [0.717, 1.165) is 24.3 Å². The molecule has 0 amide bonds. The predicted molar refractivity (Wildman–Crippen MR) is 65.4 cm³/mol. The first-order chi connectivity index (χ1) is 7.66. The van der Waals surface area contributed by atoms with E-state index in [0.29, 0.717) is 17.3 Å². The molecule has 0 bridgehead atoms. The Morgan fingerprint density at radius 3 is 2.88 bits per heavy atom. The van der Waals surface area contributed by atoms with Gasteiger partial charge in [-0.2, -0.15) is 12.6 Å². The van der Waals surface area contributed by atoms with Crippen LogP contribution in [0.3, 0.4) is 0 Å². The number of anilines is 1. The lowest BCUT2D eigenvalue weighted by molar-refractivity contribution is 0.755. The number of hydrogen-bond donors (Lipinski definition) is 2. The standard InChI is InChI=1S/C10H13N5S/c1-5(16)15-4-12-7-8(11)13-9(6-2-3-6)14-10(7)15/h4-6,16H,2-3H2,1H3,(H2,11,13,14). The number of hydrogen-bond acceptors (Lipinski definition) is 5. The largest absolute Gasteiger partial charge is 0.382 e. The molecule has 1 atom stereocenters. The van der Waals surface area contributed by atoms with Gasteiger partial charge in [-0.3, -0.25) is 0 Å². The molecule has 0 aromatic carbocycles. The van der Waals surface area contributed by atoms with Crippen molar-refractivity contribution in [3.8, 4) is 0 Å². The van der Waals surface area contributed by atoms with Crippen LogP contribution in [0.2, 0.25) is 0 Å². The minimum absolute atomic E-state index is 0.0337. The van der Waals surface area contributed by atoms with Gasteiger partial charge in [0.15, 0.2) is 11.5 Å². The van der Waals surface area contributed by atoms with Crippen LogP contribution >= 0.6 is 12.6 Å². The molecule has 16 heavy (non-hydrogen) atoms. The van der Waals surface area contributed by atoms with Crippen molar-refractivity contribution in [3.05, 3.63) is 12.2 Å². The smallest absolute Gasteiger partial charge is 0.166 e. The van der Waals surface area contributed by atoms with Crippen LogP contribution in [-0.2, 0) is 0 Å². The lowest BCUT2D eigenvalue weighted by Crippen LogP contribution is -2.03. The third kappa shape index (κ3) is 1.44. The maximum Gasteiger partial charge on any atom is 0.166 e. The Balaban J connectivity index is 2.24. The lowest BCUT2D eigenvalue weighted by Gasteiger charge is -2.07. The molecule has 2 aromatic rings. The van der Waals surface area contributed by atoms with Gasteiger partial charge >= 0.3 is 0 Å². The Hall–Kier alpha value is -1.30. The van der Waals surface area contributed by atoms with Crippen LogP contribution in [0.25, 0.3) is 11.2 Å².